The minimum Gasteiger partial charge on any atom is -0.455 e. The summed E-state index contributed by atoms with van der Waals surface area (Å²) in [7, 11) is -3.78. The van der Waals surface area contributed by atoms with Gasteiger partial charge < -0.3 is 14.8 Å². The Labute approximate surface area is 191 Å². The van der Waals surface area contributed by atoms with Crippen LogP contribution in [0.15, 0.2) is 77.7 Å². The van der Waals surface area contributed by atoms with Gasteiger partial charge in [0.1, 0.15) is 11.6 Å². The van der Waals surface area contributed by atoms with Crippen LogP contribution in [0.3, 0.4) is 0 Å². The van der Waals surface area contributed by atoms with Crippen LogP contribution in [-0.4, -0.2) is 44.9 Å². The van der Waals surface area contributed by atoms with E-state index in [1.807, 2.05) is 30.3 Å². The molecule has 3 aromatic carbocycles. The number of morpholine rings is 1. The predicted octanol–water partition coefficient (Wildman–Crippen LogP) is 3.82. The maximum absolute atomic E-state index is 13.3. The highest BCUT2D eigenvalue weighted by atomic mass is 32.2. The van der Waals surface area contributed by atoms with Crippen LogP contribution in [-0.2, 0) is 26.0 Å². The second kappa shape index (κ2) is 10.1. The Morgan fingerprint density at radius 3 is 2.39 bits per heavy atom. The number of carbonyl (C=O) groups excluding carboxylic acids is 1. The first-order valence-electron chi connectivity index (χ1n) is 10.4. The molecule has 33 heavy (non-hydrogen) atoms. The number of sulfonamides is 1. The van der Waals surface area contributed by atoms with Gasteiger partial charge in [0, 0.05) is 13.1 Å². The lowest BCUT2D eigenvalue weighted by Gasteiger charge is -2.26. The zero-order valence-corrected chi connectivity index (χ0v) is 18.6. The zero-order valence-electron chi connectivity index (χ0n) is 17.7. The van der Waals surface area contributed by atoms with Crippen molar-refractivity contribution in [3.8, 4) is 11.5 Å². The van der Waals surface area contributed by atoms with Crippen LogP contribution in [0.1, 0.15) is 5.56 Å². The van der Waals surface area contributed by atoms with Crippen LogP contribution in [0.25, 0.3) is 0 Å². The molecule has 0 aliphatic carbocycles. The van der Waals surface area contributed by atoms with Gasteiger partial charge >= 0.3 is 0 Å². The first-order chi connectivity index (χ1) is 15.9. The van der Waals surface area contributed by atoms with E-state index in [4.69, 9.17) is 9.47 Å². The molecule has 3 aromatic rings. The number of anilines is 1. The molecule has 7 nitrogen and oxygen atoms in total. The lowest BCUT2D eigenvalue weighted by atomic mass is 10.1. The van der Waals surface area contributed by atoms with E-state index in [-0.39, 0.29) is 41.7 Å². The molecule has 1 heterocycles. The second-order valence-corrected chi connectivity index (χ2v) is 9.38. The van der Waals surface area contributed by atoms with Gasteiger partial charge in [0.05, 0.1) is 30.2 Å². The number of ether oxygens (including phenoxy) is 2. The first kappa shape index (κ1) is 22.9. The molecule has 1 N–H and O–H groups in total. The summed E-state index contributed by atoms with van der Waals surface area (Å²) in [5.41, 5.74) is 1.02. The fourth-order valence-corrected chi connectivity index (χ4v) is 4.83. The number of nitrogens with zero attached hydrogens (tertiary/aromatic N) is 1. The Morgan fingerprint density at radius 2 is 1.70 bits per heavy atom. The van der Waals surface area contributed by atoms with Gasteiger partial charge in [-0.25, -0.2) is 12.8 Å². The van der Waals surface area contributed by atoms with E-state index in [0.29, 0.717) is 19.0 Å². The fraction of sp³-hybridized carbons (Fsp3) is 0.208. The van der Waals surface area contributed by atoms with Crippen LogP contribution in [0.5, 0.6) is 11.5 Å². The number of carbonyl (C=O) groups is 1. The molecule has 0 aromatic heterocycles. The molecule has 9 heteroatoms. The third kappa shape index (κ3) is 5.75. The minimum atomic E-state index is -3.78. The van der Waals surface area contributed by atoms with Crippen LogP contribution in [0.4, 0.5) is 10.1 Å². The Balaban J connectivity index is 1.63. The zero-order chi connectivity index (χ0) is 23.3. The Bertz CT molecular complexity index is 1210. The summed E-state index contributed by atoms with van der Waals surface area (Å²) < 4.78 is 51.9. The summed E-state index contributed by atoms with van der Waals surface area (Å²) >= 11 is 0. The van der Waals surface area contributed by atoms with E-state index in [9.17, 15) is 17.6 Å². The van der Waals surface area contributed by atoms with Crippen molar-refractivity contribution >= 4 is 21.6 Å². The van der Waals surface area contributed by atoms with E-state index >= 15 is 0 Å². The summed E-state index contributed by atoms with van der Waals surface area (Å²) in [5, 5.41) is 2.76. The second-order valence-electron chi connectivity index (χ2n) is 7.44. The highest BCUT2D eigenvalue weighted by Crippen LogP contribution is 2.33. The molecule has 0 bridgehead atoms. The smallest absolute Gasteiger partial charge is 0.243 e. The summed E-state index contributed by atoms with van der Waals surface area (Å²) in [6, 6.07) is 18.9. The van der Waals surface area contributed by atoms with Crippen molar-refractivity contribution in [3.63, 3.8) is 0 Å². The molecule has 0 spiro atoms. The standard InChI is InChI=1S/C24H23FN2O5S/c25-19-6-8-20(9-7-19)32-23-11-10-21(33(29,30)27-12-14-31-15-13-27)17-22(23)26-24(28)16-18-4-2-1-3-5-18/h1-11,17H,12-16H2,(H,26,28). The highest BCUT2D eigenvalue weighted by Gasteiger charge is 2.27. The van der Waals surface area contributed by atoms with E-state index < -0.39 is 15.8 Å². The number of rotatable bonds is 7. The summed E-state index contributed by atoms with van der Waals surface area (Å²) in [6.07, 6.45) is 0.108. The van der Waals surface area contributed by atoms with Crippen molar-refractivity contribution in [2.24, 2.45) is 0 Å². The van der Waals surface area contributed by atoms with Crippen LogP contribution in [0.2, 0.25) is 0 Å². The van der Waals surface area contributed by atoms with Gasteiger partial charge in [0.25, 0.3) is 0 Å². The maximum Gasteiger partial charge on any atom is 0.243 e. The molecule has 1 aliphatic heterocycles. The molecule has 4 rings (SSSR count). The molecule has 0 saturated carbocycles. The lowest BCUT2D eigenvalue weighted by Crippen LogP contribution is -2.40. The molecule has 1 amide bonds. The van der Waals surface area contributed by atoms with Crippen molar-refractivity contribution in [2.45, 2.75) is 11.3 Å². The van der Waals surface area contributed by atoms with Gasteiger partial charge in [-0.2, -0.15) is 4.31 Å². The normalized spacial score (nSPS) is 14.6. The molecule has 1 aliphatic rings. The molecule has 0 atom stereocenters. The fourth-order valence-electron chi connectivity index (χ4n) is 3.40. The Morgan fingerprint density at radius 1 is 1.00 bits per heavy atom. The molecule has 1 saturated heterocycles. The van der Waals surface area contributed by atoms with Gasteiger partial charge in [-0.3, -0.25) is 4.79 Å². The number of nitrogens with one attached hydrogen (secondary N) is 1. The number of amides is 1. The third-order valence-corrected chi connectivity index (χ3v) is 6.98. The lowest BCUT2D eigenvalue weighted by molar-refractivity contribution is -0.115. The third-order valence-electron chi connectivity index (χ3n) is 5.08. The molecular formula is C24H23FN2O5S. The molecule has 1 fully saturated rings. The van der Waals surface area contributed by atoms with Crippen molar-refractivity contribution in [3.05, 3.63) is 84.2 Å². The van der Waals surface area contributed by atoms with Crippen LogP contribution < -0.4 is 10.1 Å². The summed E-state index contributed by atoms with van der Waals surface area (Å²) in [5.74, 6) is -0.153. The number of halogens is 1. The first-order valence-corrected chi connectivity index (χ1v) is 11.8. The van der Waals surface area contributed by atoms with Crippen molar-refractivity contribution in [1.82, 2.24) is 4.31 Å². The largest absolute Gasteiger partial charge is 0.455 e. The summed E-state index contributed by atoms with van der Waals surface area (Å²) in [6.45, 7) is 1.16. The highest BCUT2D eigenvalue weighted by molar-refractivity contribution is 7.89. The van der Waals surface area contributed by atoms with Crippen molar-refractivity contribution in [1.29, 1.82) is 0 Å². The average molecular weight is 471 g/mol. The van der Waals surface area contributed by atoms with E-state index in [2.05, 4.69) is 5.32 Å². The molecule has 0 radical (unpaired) electrons. The number of hydrogen-bond donors (Lipinski definition) is 1. The quantitative estimate of drug-likeness (QED) is 0.568. The van der Waals surface area contributed by atoms with Gasteiger partial charge in [0.15, 0.2) is 5.75 Å². The predicted molar refractivity (Wildman–Crippen MR) is 121 cm³/mol. The Kier molecular flexibility index (Phi) is 7.02. The van der Waals surface area contributed by atoms with Gasteiger partial charge in [0.2, 0.25) is 15.9 Å². The SMILES string of the molecule is O=C(Cc1ccccc1)Nc1cc(S(=O)(=O)N2CCOCC2)ccc1Oc1ccc(F)cc1. The van der Waals surface area contributed by atoms with E-state index in [0.717, 1.165) is 5.56 Å². The number of benzene rings is 3. The van der Waals surface area contributed by atoms with Gasteiger partial charge in [-0.05, 0) is 48.0 Å². The van der Waals surface area contributed by atoms with Gasteiger partial charge in [-0.1, -0.05) is 30.3 Å². The Hall–Kier alpha value is -3.27. The molecule has 172 valence electrons. The van der Waals surface area contributed by atoms with Gasteiger partial charge in [-0.15, -0.1) is 0 Å². The maximum atomic E-state index is 13.3. The molecule has 0 unspecified atom stereocenters. The summed E-state index contributed by atoms with van der Waals surface area (Å²) in [4.78, 5) is 12.7. The number of hydrogen-bond acceptors (Lipinski definition) is 5. The van der Waals surface area contributed by atoms with Crippen molar-refractivity contribution < 1.29 is 27.1 Å². The minimum absolute atomic E-state index is 0.0332. The monoisotopic (exact) mass is 470 g/mol. The van der Waals surface area contributed by atoms with Crippen molar-refractivity contribution in [2.75, 3.05) is 31.6 Å². The topological polar surface area (TPSA) is 84.9 Å². The van der Waals surface area contributed by atoms with Crippen LogP contribution >= 0.6 is 0 Å². The molecular weight excluding hydrogens is 447 g/mol. The van der Waals surface area contributed by atoms with Crippen LogP contribution in [0, 0.1) is 5.82 Å². The average Bonchev–Trinajstić information content (AvgIpc) is 2.82. The van der Waals surface area contributed by atoms with E-state index in [1.54, 1.807) is 0 Å². The van der Waals surface area contributed by atoms with E-state index in [1.165, 1.54) is 46.8 Å².